The van der Waals surface area contributed by atoms with Gasteiger partial charge in [-0.15, -0.1) is 0 Å². The maximum atomic E-state index is 5.09. The van der Waals surface area contributed by atoms with Crippen LogP contribution in [0.1, 0.15) is 57.8 Å². The monoisotopic (exact) mass is 268 g/mol. The fourth-order valence-electron chi connectivity index (χ4n) is 3.80. The van der Waals surface area contributed by atoms with Gasteiger partial charge in [0.05, 0.1) is 0 Å². The largest absolute Gasteiger partial charge is 0.385 e. The molecule has 0 radical (unpaired) electrons. The van der Waals surface area contributed by atoms with Crippen molar-refractivity contribution in [1.29, 1.82) is 0 Å². The molecule has 1 aliphatic heterocycles. The van der Waals surface area contributed by atoms with Crippen molar-refractivity contribution < 1.29 is 4.74 Å². The van der Waals surface area contributed by atoms with Crippen molar-refractivity contribution in [2.24, 2.45) is 5.92 Å². The first kappa shape index (κ1) is 15.3. The number of ether oxygens (including phenoxy) is 1. The van der Waals surface area contributed by atoms with Gasteiger partial charge in [0.25, 0.3) is 0 Å². The molecule has 0 aromatic rings. The van der Waals surface area contributed by atoms with Gasteiger partial charge in [-0.2, -0.15) is 0 Å². The number of piperidine rings is 1. The van der Waals surface area contributed by atoms with Gasteiger partial charge >= 0.3 is 0 Å². The summed E-state index contributed by atoms with van der Waals surface area (Å²) in [4.78, 5) is 0. The van der Waals surface area contributed by atoms with E-state index in [1.165, 1.54) is 70.9 Å². The van der Waals surface area contributed by atoms with Crippen LogP contribution in [0.15, 0.2) is 0 Å². The third-order valence-corrected chi connectivity index (χ3v) is 4.87. The van der Waals surface area contributed by atoms with E-state index in [-0.39, 0.29) is 0 Å². The molecule has 2 N–H and O–H groups in total. The minimum Gasteiger partial charge on any atom is -0.385 e. The summed E-state index contributed by atoms with van der Waals surface area (Å²) in [5, 5.41) is 7.58. The van der Waals surface area contributed by atoms with Crippen LogP contribution in [0.25, 0.3) is 0 Å². The van der Waals surface area contributed by atoms with E-state index in [0.717, 1.165) is 24.6 Å². The van der Waals surface area contributed by atoms with Crippen molar-refractivity contribution in [3.63, 3.8) is 0 Å². The first-order valence-electron chi connectivity index (χ1n) is 8.37. The van der Waals surface area contributed by atoms with Gasteiger partial charge in [0.1, 0.15) is 0 Å². The molecule has 0 aromatic heterocycles. The average molecular weight is 268 g/mol. The Morgan fingerprint density at radius 2 is 2.00 bits per heavy atom. The normalized spacial score (nSPS) is 31.7. The Balaban J connectivity index is 1.61. The van der Waals surface area contributed by atoms with Gasteiger partial charge in [0.15, 0.2) is 0 Å². The summed E-state index contributed by atoms with van der Waals surface area (Å²) in [7, 11) is 1.79. The molecular weight excluding hydrogens is 236 g/mol. The van der Waals surface area contributed by atoms with Crippen molar-refractivity contribution >= 4 is 0 Å². The molecule has 2 aliphatic rings. The smallest absolute Gasteiger partial charge is 0.0462 e. The van der Waals surface area contributed by atoms with Crippen molar-refractivity contribution in [2.75, 3.05) is 26.8 Å². The summed E-state index contributed by atoms with van der Waals surface area (Å²) in [6, 6.07) is 1.57. The van der Waals surface area contributed by atoms with Crippen LogP contribution in [0.4, 0.5) is 0 Å². The highest BCUT2D eigenvalue weighted by atomic mass is 16.5. The lowest BCUT2D eigenvalue weighted by molar-refractivity contribution is 0.191. The molecule has 3 nitrogen and oxygen atoms in total. The predicted octanol–water partition coefficient (Wildman–Crippen LogP) is 2.70. The summed E-state index contributed by atoms with van der Waals surface area (Å²) >= 11 is 0. The number of methoxy groups -OCH3 is 1. The molecule has 0 spiro atoms. The van der Waals surface area contributed by atoms with Crippen molar-refractivity contribution in [3.05, 3.63) is 0 Å². The Morgan fingerprint density at radius 3 is 2.79 bits per heavy atom. The van der Waals surface area contributed by atoms with Gasteiger partial charge in [-0.25, -0.2) is 0 Å². The quantitative estimate of drug-likeness (QED) is 0.664. The van der Waals surface area contributed by atoms with Crippen LogP contribution in [0, 0.1) is 5.92 Å². The molecule has 3 atom stereocenters. The molecule has 19 heavy (non-hydrogen) atoms. The fourth-order valence-corrected chi connectivity index (χ4v) is 3.80. The van der Waals surface area contributed by atoms with E-state index in [2.05, 4.69) is 10.6 Å². The molecule has 2 rings (SSSR count). The van der Waals surface area contributed by atoms with Crippen LogP contribution in [0.3, 0.4) is 0 Å². The Kier molecular flexibility index (Phi) is 7.18. The number of nitrogens with one attached hydrogen (secondary N) is 2. The lowest BCUT2D eigenvalue weighted by Crippen LogP contribution is -2.47. The van der Waals surface area contributed by atoms with E-state index in [1.54, 1.807) is 7.11 Å². The molecule has 0 aromatic carbocycles. The zero-order chi connectivity index (χ0) is 13.3. The van der Waals surface area contributed by atoms with E-state index in [4.69, 9.17) is 4.74 Å². The Morgan fingerprint density at radius 1 is 1.05 bits per heavy atom. The van der Waals surface area contributed by atoms with E-state index in [9.17, 15) is 0 Å². The molecule has 0 bridgehead atoms. The molecule has 112 valence electrons. The molecule has 0 amide bonds. The molecule has 3 unspecified atom stereocenters. The molecule has 1 saturated carbocycles. The third-order valence-electron chi connectivity index (χ3n) is 4.87. The van der Waals surface area contributed by atoms with Crippen LogP contribution < -0.4 is 10.6 Å². The topological polar surface area (TPSA) is 33.3 Å². The molecular formula is C16H32N2O. The lowest BCUT2D eigenvalue weighted by Gasteiger charge is -2.33. The van der Waals surface area contributed by atoms with E-state index < -0.39 is 0 Å². The zero-order valence-corrected chi connectivity index (χ0v) is 12.6. The zero-order valence-electron chi connectivity index (χ0n) is 12.6. The van der Waals surface area contributed by atoms with Gasteiger partial charge in [0.2, 0.25) is 0 Å². The Bertz CT molecular complexity index is 229. The van der Waals surface area contributed by atoms with Crippen molar-refractivity contribution in [1.82, 2.24) is 10.6 Å². The molecule has 1 aliphatic carbocycles. The second kappa shape index (κ2) is 8.93. The van der Waals surface area contributed by atoms with Gasteiger partial charge < -0.3 is 15.4 Å². The second-order valence-corrected chi connectivity index (χ2v) is 6.27. The lowest BCUT2D eigenvalue weighted by atomic mass is 9.88. The minimum atomic E-state index is 0.776. The van der Waals surface area contributed by atoms with E-state index in [0.29, 0.717) is 0 Å². The van der Waals surface area contributed by atoms with E-state index >= 15 is 0 Å². The summed E-state index contributed by atoms with van der Waals surface area (Å²) < 4.78 is 5.09. The van der Waals surface area contributed by atoms with E-state index in [1.807, 2.05) is 0 Å². The van der Waals surface area contributed by atoms with Crippen LogP contribution >= 0.6 is 0 Å². The van der Waals surface area contributed by atoms with Gasteiger partial charge in [0, 0.05) is 25.8 Å². The van der Waals surface area contributed by atoms with Crippen molar-refractivity contribution in [2.45, 2.75) is 69.9 Å². The molecule has 1 saturated heterocycles. The maximum absolute atomic E-state index is 5.09. The van der Waals surface area contributed by atoms with Crippen LogP contribution in [-0.2, 0) is 4.74 Å². The molecule has 1 heterocycles. The maximum Gasteiger partial charge on any atom is 0.0462 e. The highest BCUT2D eigenvalue weighted by Crippen LogP contribution is 2.31. The average Bonchev–Trinajstić information content (AvgIpc) is 2.92. The Hall–Kier alpha value is -0.120. The standard InChI is InChI=1S/C16H32N2O/c1-19-13-6-2-4-11-17-16-10-7-8-14(16)15-9-3-5-12-18-15/h14-18H,2-13H2,1H3. The van der Waals surface area contributed by atoms with Crippen molar-refractivity contribution in [3.8, 4) is 0 Å². The molecule has 2 fully saturated rings. The van der Waals surface area contributed by atoms with Crippen LogP contribution in [0.2, 0.25) is 0 Å². The second-order valence-electron chi connectivity index (χ2n) is 6.27. The highest BCUT2D eigenvalue weighted by Gasteiger charge is 2.33. The Labute approximate surface area is 118 Å². The SMILES string of the molecule is COCCCCCNC1CCCC1C1CCCCN1. The van der Waals surface area contributed by atoms with Crippen LogP contribution in [0.5, 0.6) is 0 Å². The van der Waals surface area contributed by atoms with Gasteiger partial charge in [-0.3, -0.25) is 0 Å². The summed E-state index contributed by atoms with van der Waals surface area (Å²) in [6.07, 6.45) is 12.2. The summed E-state index contributed by atoms with van der Waals surface area (Å²) in [5.74, 6) is 0.888. The molecule has 3 heteroatoms. The minimum absolute atomic E-state index is 0.776. The van der Waals surface area contributed by atoms with Gasteiger partial charge in [-0.1, -0.05) is 12.8 Å². The summed E-state index contributed by atoms with van der Waals surface area (Å²) in [6.45, 7) is 3.35. The number of hydrogen-bond donors (Lipinski definition) is 2. The number of hydrogen-bond acceptors (Lipinski definition) is 3. The van der Waals surface area contributed by atoms with Crippen LogP contribution in [-0.4, -0.2) is 38.9 Å². The number of rotatable bonds is 8. The first-order chi connectivity index (χ1) is 9.42. The van der Waals surface area contributed by atoms with Gasteiger partial charge in [-0.05, 0) is 64.0 Å². The fraction of sp³-hybridized carbons (Fsp3) is 1.00. The third kappa shape index (κ3) is 5.05. The predicted molar refractivity (Wildman–Crippen MR) is 80.5 cm³/mol. The first-order valence-corrected chi connectivity index (χ1v) is 8.37. The highest BCUT2D eigenvalue weighted by molar-refractivity contribution is 4.92. The summed E-state index contributed by atoms with van der Waals surface area (Å²) in [5.41, 5.74) is 0. The number of unbranched alkanes of at least 4 members (excludes halogenated alkanes) is 2.